The summed E-state index contributed by atoms with van der Waals surface area (Å²) in [6, 6.07) is 17.0. The van der Waals surface area contributed by atoms with E-state index in [1.165, 1.54) is 19.2 Å². The molecule has 0 heterocycles. The summed E-state index contributed by atoms with van der Waals surface area (Å²) in [6.07, 6.45) is -1.28. The van der Waals surface area contributed by atoms with Crippen molar-refractivity contribution in [3.05, 3.63) is 94.6 Å². The summed E-state index contributed by atoms with van der Waals surface area (Å²) in [4.78, 5) is 25.0. The van der Waals surface area contributed by atoms with Crippen LogP contribution in [0.3, 0.4) is 0 Å². The minimum absolute atomic E-state index is 0.00240. The number of hydrogen-bond donors (Lipinski definition) is 1. The Morgan fingerprint density at radius 2 is 1.80 bits per heavy atom. The molecular weight excluding hydrogens is 459 g/mol. The number of benzene rings is 3. The maximum absolute atomic E-state index is 12.9. The van der Waals surface area contributed by atoms with Crippen LogP contribution >= 0.6 is 0 Å². The maximum atomic E-state index is 12.9. The number of halogens is 3. The van der Waals surface area contributed by atoms with Crippen molar-refractivity contribution in [2.75, 3.05) is 19.0 Å². The molecular formula is C27H22F3NO4. The number of nitrogens with one attached hydrogen (secondary N) is 1. The number of fused-ring (bicyclic) bond motifs is 1. The van der Waals surface area contributed by atoms with Gasteiger partial charge in [0.05, 0.1) is 12.7 Å². The molecule has 3 aromatic carbocycles. The lowest BCUT2D eigenvalue weighted by Gasteiger charge is -2.17. The first-order chi connectivity index (χ1) is 16.7. The van der Waals surface area contributed by atoms with Crippen molar-refractivity contribution in [2.45, 2.75) is 19.0 Å². The Kier molecular flexibility index (Phi) is 6.91. The van der Waals surface area contributed by atoms with Crippen LogP contribution in [0.25, 0.3) is 6.08 Å². The maximum Gasteiger partial charge on any atom is 0.416 e. The fourth-order valence-electron chi connectivity index (χ4n) is 3.86. The Bertz CT molecular complexity index is 1300. The molecule has 0 bridgehead atoms. The minimum atomic E-state index is -4.51. The van der Waals surface area contributed by atoms with Crippen molar-refractivity contribution < 1.29 is 32.2 Å². The molecule has 8 heteroatoms. The molecule has 5 nitrogen and oxygen atoms in total. The molecule has 180 valence electrons. The summed E-state index contributed by atoms with van der Waals surface area (Å²) >= 11 is 0. The van der Waals surface area contributed by atoms with Gasteiger partial charge in [0.15, 0.2) is 23.9 Å². The van der Waals surface area contributed by atoms with Gasteiger partial charge in [-0.05, 0) is 60.4 Å². The molecule has 1 N–H and O–H groups in total. The van der Waals surface area contributed by atoms with Crippen LogP contribution in [0.1, 0.15) is 33.5 Å². The number of ketones is 1. The lowest BCUT2D eigenvalue weighted by atomic mass is 9.86. The molecule has 1 amide bonds. The van der Waals surface area contributed by atoms with E-state index in [1.54, 1.807) is 18.2 Å². The fourth-order valence-corrected chi connectivity index (χ4v) is 3.86. The van der Waals surface area contributed by atoms with Crippen LogP contribution in [0.5, 0.6) is 11.5 Å². The number of carbonyl (C=O) groups is 2. The number of alkyl halides is 3. The van der Waals surface area contributed by atoms with Crippen LogP contribution in [0, 0.1) is 0 Å². The number of carbonyl (C=O) groups excluding carboxylic acids is 2. The largest absolute Gasteiger partial charge is 0.493 e. The van der Waals surface area contributed by atoms with Crippen LogP contribution < -0.4 is 14.8 Å². The molecule has 1 aliphatic carbocycles. The first kappa shape index (κ1) is 24.1. The standard InChI is InChI=1S/C27H22F3NO4/c1-34-24-14-17(13-19-11-10-18-5-2-3-8-22(18)26(19)33)9-12-23(24)35-16-25(32)31-21-7-4-6-20(15-21)27(28,29)30/h2-9,12-15H,10-11,16H2,1H3,(H,31,32)/b19-13-. The fraction of sp³-hybridized carbons (Fsp3) is 0.185. The average molecular weight is 481 g/mol. The summed E-state index contributed by atoms with van der Waals surface area (Å²) in [5.74, 6) is 0.0190. The van der Waals surface area contributed by atoms with Crippen molar-refractivity contribution in [1.82, 2.24) is 0 Å². The van der Waals surface area contributed by atoms with Crippen molar-refractivity contribution >= 4 is 23.5 Å². The number of hydrogen-bond acceptors (Lipinski definition) is 4. The molecule has 0 saturated heterocycles. The lowest BCUT2D eigenvalue weighted by molar-refractivity contribution is -0.137. The smallest absolute Gasteiger partial charge is 0.416 e. The molecule has 0 atom stereocenters. The second-order valence-corrected chi connectivity index (χ2v) is 7.98. The Morgan fingerprint density at radius 3 is 2.57 bits per heavy atom. The third kappa shape index (κ3) is 5.71. The summed E-state index contributed by atoms with van der Waals surface area (Å²) < 4.78 is 49.4. The van der Waals surface area contributed by atoms with Gasteiger partial charge in [0, 0.05) is 16.8 Å². The highest BCUT2D eigenvalue weighted by Gasteiger charge is 2.30. The van der Waals surface area contributed by atoms with Crippen molar-refractivity contribution in [2.24, 2.45) is 0 Å². The molecule has 1 aliphatic rings. The summed E-state index contributed by atoms with van der Waals surface area (Å²) in [5.41, 5.74) is 2.34. The Balaban J connectivity index is 1.42. The minimum Gasteiger partial charge on any atom is -0.493 e. The molecule has 0 radical (unpaired) electrons. The van der Waals surface area contributed by atoms with Gasteiger partial charge in [-0.15, -0.1) is 0 Å². The highest BCUT2D eigenvalue weighted by Crippen LogP contribution is 2.32. The van der Waals surface area contributed by atoms with E-state index in [4.69, 9.17) is 9.47 Å². The van der Waals surface area contributed by atoms with Crippen molar-refractivity contribution in [3.63, 3.8) is 0 Å². The monoisotopic (exact) mass is 481 g/mol. The zero-order valence-electron chi connectivity index (χ0n) is 18.8. The van der Waals surface area contributed by atoms with Gasteiger partial charge in [0.25, 0.3) is 5.91 Å². The van der Waals surface area contributed by atoms with Gasteiger partial charge in [-0.2, -0.15) is 13.2 Å². The molecule has 4 rings (SSSR count). The predicted octanol–water partition coefficient (Wildman–Crippen LogP) is 5.94. The predicted molar refractivity (Wildman–Crippen MR) is 126 cm³/mol. The molecule has 0 unspecified atom stereocenters. The van der Waals surface area contributed by atoms with Crippen LogP contribution in [0.15, 0.2) is 72.3 Å². The van der Waals surface area contributed by atoms with Crippen molar-refractivity contribution in [3.8, 4) is 11.5 Å². The normalized spacial score (nSPS) is 14.4. The first-order valence-electron chi connectivity index (χ1n) is 10.9. The van der Waals surface area contributed by atoms with E-state index < -0.39 is 24.3 Å². The van der Waals surface area contributed by atoms with Crippen LogP contribution in [-0.2, 0) is 17.4 Å². The number of ether oxygens (including phenoxy) is 2. The lowest BCUT2D eigenvalue weighted by Crippen LogP contribution is -2.20. The zero-order valence-corrected chi connectivity index (χ0v) is 18.8. The van der Waals surface area contributed by atoms with Crippen LogP contribution in [0.2, 0.25) is 0 Å². The quantitative estimate of drug-likeness (QED) is 0.443. The summed E-state index contributed by atoms with van der Waals surface area (Å²) in [7, 11) is 1.45. The van der Waals surface area contributed by atoms with Gasteiger partial charge in [-0.25, -0.2) is 0 Å². The van der Waals surface area contributed by atoms with Gasteiger partial charge >= 0.3 is 6.18 Å². The van der Waals surface area contributed by atoms with Gasteiger partial charge in [-0.3, -0.25) is 9.59 Å². The third-order valence-electron chi connectivity index (χ3n) is 5.58. The third-order valence-corrected chi connectivity index (χ3v) is 5.58. The second-order valence-electron chi connectivity index (χ2n) is 7.98. The molecule has 0 aromatic heterocycles. The van der Waals surface area contributed by atoms with E-state index >= 15 is 0 Å². The highest BCUT2D eigenvalue weighted by atomic mass is 19.4. The van der Waals surface area contributed by atoms with E-state index in [-0.39, 0.29) is 17.2 Å². The average Bonchev–Trinajstić information content (AvgIpc) is 2.84. The van der Waals surface area contributed by atoms with Gasteiger partial charge in [0.2, 0.25) is 0 Å². The zero-order chi connectivity index (χ0) is 25.0. The molecule has 35 heavy (non-hydrogen) atoms. The molecule has 0 spiro atoms. The molecule has 0 fully saturated rings. The van der Waals surface area contributed by atoms with Crippen LogP contribution in [0.4, 0.5) is 18.9 Å². The second kappa shape index (κ2) is 10.0. The number of anilines is 1. The van der Waals surface area contributed by atoms with Crippen molar-refractivity contribution in [1.29, 1.82) is 0 Å². The topological polar surface area (TPSA) is 64.6 Å². The van der Waals surface area contributed by atoms with Gasteiger partial charge in [0.1, 0.15) is 0 Å². The van der Waals surface area contributed by atoms with E-state index in [0.29, 0.717) is 23.3 Å². The number of Topliss-reactive ketones (excluding diaryl/α,β-unsaturated/α-hetero) is 1. The van der Waals surface area contributed by atoms with E-state index in [9.17, 15) is 22.8 Å². The number of rotatable bonds is 6. The molecule has 0 aliphatic heterocycles. The molecule has 3 aromatic rings. The Labute approximate surface area is 200 Å². The summed E-state index contributed by atoms with van der Waals surface area (Å²) in [5, 5.41) is 2.39. The number of amides is 1. The number of methoxy groups -OCH3 is 1. The van der Waals surface area contributed by atoms with Gasteiger partial charge in [-0.1, -0.05) is 36.4 Å². The van der Waals surface area contributed by atoms with E-state index in [2.05, 4.69) is 5.32 Å². The Hall–Kier alpha value is -4.07. The molecule has 0 saturated carbocycles. The Morgan fingerprint density at radius 1 is 1.00 bits per heavy atom. The van der Waals surface area contributed by atoms with E-state index in [1.807, 2.05) is 30.3 Å². The van der Waals surface area contributed by atoms with Gasteiger partial charge < -0.3 is 14.8 Å². The number of allylic oxidation sites excluding steroid dienone is 1. The SMILES string of the molecule is COc1cc(/C=C2/CCc3ccccc3C2=O)ccc1OCC(=O)Nc1cccc(C(F)(F)F)c1. The highest BCUT2D eigenvalue weighted by molar-refractivity contribution is 6.13. The summed E-state index contributed by atoms with van der Waals surface area (Å²) in [6.45, 7) is -0.428. The first-order valence-corrected chi connectivity index (χ1v) is 10.9. The van der Waals surface area contributed by atoms with Crippen LogP contribution in [-0.4, -0.2) is 25.4 Å². The number of aryl methyl sites for hydroxylation is 1. The van der Waals surface area contributed by atoms with E-state index in [0.717, 1.165) is 29.7 Å².